The van der Waals surface area contributed by atoms with Gasteiger partial charge in [-0.25, -0.2) is 28.3 Å². The minimum absolute atomic E-state index is 0.141. The number of urea groups is 1. The maximum absolute atomic E-state index is 15.0. The fraction of sp³-hybridized carbons (Fsp3) is 0.500. The first-order valence-electron chi connectivity index (χ1n) is 15.5. The van der Waals surface area contributed by atoms with Gasteiger partial charge in [0.1, 0.15) is 22.8 Å². The number of benzene rings is 1. The van der Waals surface area contributed by atoms with Crippen LogP contribution in [0.5, 0.6) is 0 Å². The van der Waals surface area contributed by atoms with Gasteiger partial charge in [0.25, 0.3) is 0 Å². The maximum Gasteiger partial charge on any atom is 0.413 e. The van der Waals surface area contributed by atoms with Crippen LogP contribution < -0.4 is 10.6 Å². The van der Waals surface area contributed by atoms with Gasteiger partial charge < -0.3 is 24.3 Å². The van der Waals surface area contributed by atoms with Crippen molar-refractivity contribution in [1.82, 2.24) is 24.8 Å². The van der Waals surface area contributed by atoms with Gasteiger partial charge in [-0.15, -0.1) is 0 Å². The van der Waals surface area contributed by atoms with Crippen LogP contribution in [-0.2, 0) is 27.2 Å². The van der Waals surface area contributed by atoms with E-state index in [-0.39, 0.29) is 31.2 Å². The lowest BCUT2D eigenvalue weighted by molar-refractivity contribution is -0.156. The summed E-state index contributed by atoms with van der Waals surface area (Å²) in [7, 11) is 0. The van der Waals surface area contributed by atoms with Crippen molar-refractivity contribution in [1.29, 1.82) is 0 Å². The summed E-state index contributed by atoms with van der Waals surface area (Å²) in [5.41, 5.74) is -0.799. The molecule has 252 valence electrons. The van der Waals surface area contributed by atoms with E-state index in [1.165, 1.54) is 18.3 Å². The molecule has 2 N–H and O–H groups in total. The van der Waals surface area contributed by atoms with E-state index in [0.717, 1.165) is 11.6 Å². The molecule has 15 heteroatoms. The Kier molecular flexibility index (Phi) is 8.61. The Morgan fingerprint density at radius 2 is 1.89 bits per heavy atom. The first-order chi connectivity index (χ1) is 22.3. The van der Waals surface area contributed by atoms with Crippen molar-refractivity contribution in [3.63, 3.8) is 0 Å². The van der Waals surface area contributed by atoms with Crippen molar-refractivity contribution in [2.24, 2.45) is 0 Å². The Hall–Kier alpha value is -4.27. The number of imidazole rings is 1. The molecule has 10 nitrogen and oxygen atoms in total. The molecule has 0 unspecified atom stereocenters. The highest BCUT2D eigenvalue weighted by atomic mass is 19.4. The van der Waals surface area contributed by atoms with Crippen molar-refractivity contribution in [3.05, 3.63) is 77.0 Å². The third kappa shape index (κ3) is 6.62. The molecule has 1 aromatic carbocycles. The molecule has 0 radical (unpaired) electrons. The van der Waals surface area contributed by atoms with Crippen LogP contribution in [0.25, 0.3) is 0 Å². The number of hydrogen-bond donors (Lipinski definition) is 2. The molecule has 2 atom stereocenters. The molecular weight excluding hydrogens is 627 g/mol. The molecule has 1 fully saturated rings. The molecule has 3 aliphatic heterocycles. The number of alkyl halides is 3. The number of aromatic nitrogens is 3. The van der Waals surface area contributed by atoms with Crippen LogP contribution in [0.3, 0.4) is 0 Å². The van der Waals surface area contributed by atoms with Crippen molar-refractivity contribution >= 4 is 17.9 Å². The van der Waals surface area contributed by atoms with Crippen molar-refractivity contribution in [2.75, 3.05) is 25.0 Å². The predicted octanol–water partition coefficient (Wildman–Crippen LogP) is 6.64. The number of halogens is 5. The number of carbonyl (C=O) groups excluding carboxylic acids is 2. The second-order valence-corrected chi connectivity index (χ2v) is 12.7. The van der Waals surface area contributed by atoms with E-state index < -0.39 is 60.1 Å². The van der Waals surface area contributed by atoms with Crippen molar-refractivity contribution in [3.8, 4) is 0 Å². The number of hydrogen-bond acceptors (Lipinski definition) is 6. The minimum atomic E-state index is -4.40. The Morgan fingerprint density at radius 3 is 2.64 bits per heavy atom. The molecule has 1 spiro atoms. The Bertz CT molecular complexity index is 1650. The fourth-order valence-electron chi connectivity index (χ4n) is 6.78. The maximum atomic E-state index is 15.0. The highest BCUT2D eigenvalue weighted by molar-refractivity contribution is 5.87. The fourth-order valence-corrected chi connectivity index (χ4v) is 6.78. The van der Waals surface area contributed by atoms with Crippen LogP contribution in [0, 0.1) is 11.6 Å². The van der Waals surface area contributed by atoms with E-state index in [0.29, 0.717) is 43.0 Å². The summed E-state index contributed by atoms with van der Waals surface area (Å²) in [5, 5.41) is 5.65. The quantitative estimate of drug-likeness (QED) is 0.287. The van der Waals surface area contributed by atoms with E-state index in [4.69, 9.17) is 9.47 Å². The van der Waals surface area contributed by atoms with E-state index >= 15 is 4.39 Å². The zero-order chi connectivity index (χ0) is 33.6. The number of ether oxygens (including phenoxy) is 2. The Morgan fingerprint density at radius 1 is 1.13 bits per heavy atom. The Balaban J connectivity index is 1.23. The van der Waals surface area contributed by atoms with Crippen molar-refractivity contribution in [2.45, 2.75) is 81.8 Å². The summed E-state index contributed by atoms with van der Waals surface area (Å²) >= 11 is 0. The standard InChI is InChI=1S/C32H35F5N6O4/c1-30(2,46-16-12-32(35,36)37)24-17-39-27-23(9-8-19(18-43(24)27)20-5-3-7-22(33)25(20)34)40-28(44)42-14-10-31(11-15-42)21-6-4-13-38-26(21)41-29(45)47-31/h3-7,13,17,19,23H,8-12,14-16,18H2,1-2H3,(H,40,44)(H,38,41,45)/t19-,23-/m1/s1. The van der Waals surface area contributed by atoms with Gasteiger partial charge in [-0.2, -0.15) is 13.2 Å². The lowest BCUT2D eigenvalue weighted by Crippen LogP contribution is -2.52. The largest absolute Gasteiger partial charge is 0.437 e. The molecule has 0 aliphatic carbocycles. The van der Waals surface area contributed by atoms with E-state index in [1.807, 2.05) is 6.07 Å². The predicted molar refractivity (Wildman–Crippen MR) is 158 cm³/mol. The summed E-state index contributed by atoms with van der Waals surface area (Å²) in [4.78, 5) is 36.4. The molecule has 5 heterocycles. The molecule has 47 heavy (non-hydrogen) atoms. The van der Waals surface area contributed by atoms with Gasteiger partial charge in [-0.05, 0) is 50.5 Å². The molecule has 3 amide bonds. The lowest BCUT2D eigenvalue weighted by atomic mass is 9.83. The minimum Gasteiger partial charge on any atom is -0.437 e. The highest BCUT2D eigenvalue weighted by Gasteiger charge is 2.46. The third-order valence-corrected chi connectivity index (χ3v) is 9.25. The van der Waals surface area contributed by atoms with Crippen LogP contribution in [0.15, 0.2) is 42.7 Å². The number of nitrogens with one attached hydrogen (secondary N) is 2. The van der Waals surface area contributed by atoms with E-state index in [1.54, 1.807) is 35.6 Å². The normalized spacial score (nSPS) is 20.9. The first kappa shape index (κ1) is 32.7. The number of nitrogens with zero attached hydrogens (tertiary/aromatic N) is 4. The zero-order valence-corrected chi connectivity index (χ0v) is 25.9. The molecular formula is C32H35F5N6O4. The average Bonchev–Trinajstić information content (AvgIpc) is 3.36. The second kappa shape index (κ2) is 12.4. The van der Waals surface area contributed by atoms with Gasteiger partial charge in [0, 0.05) is 50.2 Å². The topological polar surface area (TPSA) is 111 Å². The van der Waals surface area contributed by atoms with Gasteiger partial charge in [0.15, 0.2) is 11.6 Å². The summed E-state index contributed by atoms with van der Waals surface area (Å²) in [6.45, 7) is 3.35. The number of rotatable bonds is 6. The number of piperidine rings is 1. The summed E-state index contributed by atoms with van der Waals surface area (Å²) in [6.07, 6.45) is -1.69. The van der Waals surface area contributed by atoms with Gasteiger partial charge in [-0.3, -0.25) is 5.32 Å². The molecule has 0 saturated carbocycles. The van der Waals surface area contributed by atoms with Crippen molar-refractivity contribution < 1.29 is 41.0 Å². The lowest BCUT2D eigenvalue weighted by Gasteiger charge is -2.43. The molecule has 2 aromatic heterocycles. The summed E-state index contributed by atoms with van der Waals surface area (Å²) < 4.78 is 81.1. The number of anilines is 1. The van der Waals surface area contributed by atoms with Gasteiger partial charge in [-0.1, -0.05) is 12.1 Å². The summed E-state index contributed by atoms with van der Waals surface area (Å²) in [6, 6.07) is 6.53. The van der Waals surface area contributed by atoms with Crippen LogP contribution in [-0.4, -0.2) is 57.4 Å². The SMILES string of the molecule is CC(C)(OCCC(F)(F)F)c1cnc2n1C[C@H](c1cccc(F)c1F)CC[C@H]2NC(=O)N1CCC2(CC1)OC(=O)Nc1ncccc12. The number of fused-ring (bicyclic) bond motifs is 3. The molecule has 0 bridgehead atoms. The second-order valence-electron chi connectivity index (χ2n) is 12.7. The van der Waals surface area contributed by atoms with Gasteiger partial charge in [0.05, 0.1) is 31.0 Å². The molecule has 6 rings (SSSR count). The third-order valence-electron chi connectivity index (χ3n) is 9.25. The van der Waals surface area contributed by atoms with E-state index in [9.17, 15) is 27.2 Å². The average molecular weight is 663 g/mol. The van der Waals surface area contributed by atoms with Crippen LogP contribution in [0.4, 0.5) is 37.4 Å². The van der Waals surface area contributed by atoms with Crippen LogP contribution in [0.1, 0.15) is 80.6 Å². The number of amides is 3. The van der Waals surface area contributed by atoms with Crippen LogP contribution in [0.2, 0.25) is 0 Å². The number of carbonyl (C=O) groups is 2. The van der Waals surface area contributed by atoms with E-state index in [2.05, 4.69) is 20.6 Å². The highest BCUT2D eigenvalue weighted by Crippen LogP contribution is 2.43. The zero-order valence-electron chi connectivity index (χ0n) is 25.9. The first-order valence-corrected chi connectivity index (χ1v) is 15.5. The monoisotopic (exact) mass is 662 g/mol. The molecule has 1 saturated heterocycles. The number of likely N-dealkylation sites (tertiary alicyclic amines) is 1. The van der Waals surface area contributed by atoms with Gasteiger partial charge in [0.2, 0.25) is 0 Å². The van der Waals surface area contributed by atoms with Gasteiger partial charge >= 0.3 is 18.3 Å². The Labute approximate surface area is 267 Å². The number of pyridine rings is 1. The molecule has 3 aromatic rings. The summed E-state index contributed by atoms with van der Waals surface area (Å²) in [5.74, 6) is -1.62. The molecule has 3 aliphatic rings. The smallest absolute Gasteiger partial charge is 0.413 e. The van der Waals surface area contributed by atoms with Crippen LogP contribution >= 0.6 is 0 Å².